The zero-order chi connectivity index (χ0) is 5.70. The monoisotopic (exact) mass is 94.1 g/mol. The van der Waals surface area contributed by atoms with Crippen molar-refractivity contribution in [3.63, 3.8) is 0 Å². The number of allylic oxidation sites excluding steroid dienone is 1. The van der Waals surface area contributed by atoms with Crippen molar-refractivity contribution in [2.75, 3.05) is 0 Å². The Hall–Kier alpha value is -0.195. The molecular formula is C6H11B. The molecule has 0 saturated heterocycles. The SMILES string of the molecule is [B]C=C(CC)CC. The lowest BCUT2D eigenvalue weighted by atomic mass is 10.0. The molecule has 0 saturated carbocycles. The van der Waals surface area contributed by atoms with Crippen LogP contribution in [0.5, 0.6) is 0 Å². The lowest BCUT2D eigenvalue weighted by molar-refractivity contribution is 0.983. The summed E-state index contributed by atoms with van der Waals surface area (Å²) in [5, 5.41) is 0. The molecule has 0 aromatic heterocycles. The van der Waals surface area contributed by atoms with Crippen LogP contribution in [0.2, 0.25) is 0 Å². The van der Waals surface area contributed by atoms with Crippen LogP contribution in [0.3, 0.4) is 0 Å². The Kier molecular flexibility index (Phi) is 3.87. The molecule has 0 N–H and O–H groups in total. The maximum atomic E-state index is 5.23. The zero-order valence-electron chi connectivity index (χ0n) is 5.07. The standard InChI is InChI=1S/C6H11B/c1-3-6(4-2)5-7/h5H,3-4H2,1-2H3. The molecule has 2 radical (unpaired) electrons. The first kappa shape index (κ1) is 6.80. The van der Waals surface area contributed by atoms with Crippen molar-refractivity contribution in [3.05, 3.63) is 11.5 Å². The molecule has 0 aliphatic rings. The summed E-state index contributed by atoms with van der Waals surface area (Å²) in [4.78, 5) is 0. The fourth-order valence-corrected chi connectivity index (χ4v) is 0.486. The highest BCUT2D eigenvalue weighted by Gasteiger charge is 1.81. The molecule has 0 aromatic rings. The van der Waals surface area contributed by atoms with Crippen molar-refractivity contribution in [1.82, 2.24) is 0 Å². The van der Waals surface area contributed by atoms with E-state index in [9.17, 15) is 0 Å². The summed E-state index contributed by atoms with van der Waals surface area (Å²) in [6.45, 7) is 4.23. The van der Waals surface area contributed by atoms with E-state index in [1.54, 1.807) is 5.98 Å². The van der Waals surface area contributed by atoms with Crippen molar-refractivity contribution in [3.8, 4) is 0 Å². The third-order valence-corrected chi connectivity index (χ3v) is 1.14. The largest absolute Gasteiger partial charge is 0.132 e. The molecule has 0 unspecified atom stereocenters. The van der Waals surface area contributed by atoms with Gasteiger partial charge in [0, 0.05) is 0 Å². The van der Waals surface area contributed by atoms with Gasteiger partial charge in [0.05, 0.1) is 0 Å². The van der Waals surface area contributed by atoms with Crippen LogP contribution in [0, 0.1) is 0 Å². The van der Waals surface area contributed by atoms with Gasteiger partial charge in [-0.25, -0.2) is 0 Å². The Balaban J connectivity index is 3.38. The highest BCUT2D eigenvalue weighted by atomic mass is 13.9. The Morgan fingerprint density at radius 1 is 1.43 bits per heavy atom. The lowest BCUT2D eigenvalue weighted by Gasteiger charge is -1.93. The van der Waals surface area contributed by atoms with E-state index in [0.717, 1.165) is 12.8 Å². The molecule has 0 bridgehead atoms. The molecule has 38 valence electrons. The van der Waals surface area contributed by atoms with Crippen molar-refractivity contribution in [2.45, 2.75) is 26.7 Å². The average Bonchev–Trinajstić information content (AvgIpc) is 1.72. The molecule has 0 amide bonds. The maximum absolute atomic E-state index is 5.23. The number of hydrogen-bond acceptors (Lipinski definition) is 0. The first-order valence-corrected chi connectivity index (χ1v) is 2.74. The minimum atomic E-state index is 1.09. The summed E-state index contributed by atoms with van der Waals surface area (Å²) in [6.07, 6.45) is 2.18. The Bertz CT molecular complexity index is 58.6. The third kappa shape index (κ3) is 2.49. The Morgan fingerprint density at radius 2 is 1.86 bits per heavy atom. The van der Waals surface area contributed by atoms with Gasteiger partial charge in [-0.2, -0.15) is 0 Å². The van der Waals surface area contributed by atoms with E-state index in [1.165, 1.54) is 5.57 Å². The second kappa shape index (κ2) is 3.98. The van der Waals surface area contributed by atoms with Crippen LogP contribution in [0.15, 0.2) is 11.5 Å². The molecule has 7 heavy (non-hydrogen) atoms. The first-order valence-electron chi connectivity index (χ1n) is 2.74. The van der Waals surface area contributed by atoms with Gasteiger partial charge < -0.3 is 0 Å². The van der Waals surface area contributed by atoms with Gasteiger partial charge in [-0.05, 0) is 12.8 Å². The molecule has 0 aliphatic heterocycles. The van der Waals surface area contributed by atoms with E-state index < -0.39 is 0 Å². The molecule has 0 fully saturated rings. The highest BCUT2D eigenvalue weighted by Crippen LogP contribution is 2.01. The molecule has 0 atom stereocenters. The molecule has 0 spiro atoms. The maximum Gasteiger partial charge on any atom is 0.102 e. The van der Waals surface area contributed by atoms with Gasteiger partial charge in [-0.3, -0.25) is 0 Å². The van der Waals surface area contributed by atoms with Crippen molar-refractivity contribution >= 4 is 7.85 Å². The average molecular weight is 94.0 g/mol. The normalized spacial score (nSPS) is 8.29. The highest BCUT2D eigenvalue weighted by molar-refractivity contribution is 6.17. The zero-order valence-corrected chi connectivity index (χ0v) is 5.07. The van der Waals surface area contributed by atoms with Gasteiger partial charge in [-0.1, -0.05) is 19.4 Å². The van der Waals surface area contributed by atoms with Crippen LogP contribution in [0.4, 0.5) is 0 Å². The Labute approximate surface area is 47.0 Å². The molecule has 0 nitrogen and oxygen atoms in total. The number of rotatable bonds is 2. The molecule has 0 rings (SSSR count). The van der Waals surface area contributed by atoms with E-state index in [1.807, 2.05) is 0 Å². The van der Waals surface area contributed by atoms with Crippen LogP contribution in [-0.4, -0.2) is 7.85 Å². The van der Waals surface area contributed by atoms with Crippen LogP contribution in [0.1, 0.15) is 26.7 Å². The van der Waals surface area contributed by atoms with Gasteiger partial charge in [0.2, 0.25) is 0 Å². The fourth-order valence-electron chi connectivity index (χ4n) is 0.486. The minimum Gasteiger partial charge on any atom is -0.132 e. The second-order valence-electron chi connectivity index (χ2n) is 1.53. The lowest BCUT2D eigenvalue weighted by Crippen LogP contribution is -1.74. The first-order chi connectivity index (χ1) is 3.35. The summed E-state index contributed by atoms with van der Waals surface area (Å²) in [6, 6.07) is 0. The summed E-state index contributed by atoms with van der Waals surface area (Å²) < 4.78 is 0. The molecule has 0 aliphatic carbocycles. The van der Waals surface area contributed by atoms with E-state index in [-0.39, 0.29) is 0 Å². The van der Waals surface area contributed by atoms with E-state index in [4.69, 9.17) is 7.85 Å². The smallest absolute Gasteiger partial charge is 0.102 e. The van der Waals surface area contributed by atoms with Gasteiger partial charge >= 0.3 is 0 Å². The van der Waals surface area contributed by atoms with E-state index in [2.05, 4.69) is 13.8 Å². The van der Waals surface area contributed by atoms with Crippen LogP contribution in [-0.2, 0) is 0 Å². The quantitative estimate of drug-likeness (QED) is 0.458. The topological polar surface area (TPSA) is 0 Å². The van der Waals surface area contributed by atoms with Gasteiger partial charge in [0.15, 0.2) is 0 Å². The second-order valence-corrected chi connectivity index (χ2v) is 1.53. The molecule has 0 heterocycles. The van der Waals surface area contributed by atoms with Crippen LogP contribution >= 0.6 is 0 Å². The summed E-state index contributed by atoms with van der Waals surface area (Å²) >= 11 is 0. The van der Waals surface area contributed by atoms with Crippen molar-refractivity contribution in [1.29, 1.82) is 0 Å². The predicted molar refractivity (Wildman–Crippen MR) is 34.4 cm³/mol. The van der Waals surface area contributed by atoms with Crippen molar-refractivity contribution in [2.24, 2.45) is 0 Å². The summed E-state index contributed by atoms with van der Waals surface area (Å²) in [5.74, 6) is 1.69. The third-order valence-electron chi connectivity index (χ3n) is 1.14. The predicted octanol–water partition coefficient (Wildman–Crippen LogP) is 1.86. The van der Waals surface area contributed by atoms with Crippen LogP contribution in [0.25, 0.3) is 0 Å². The number of hydrogen-bond donors (Lipinski definition) is 0. The van der Waals surface area contributed by atoms with Crippen molar-refractivity contribution < 1.29 is 0 Å². The Morgan fingerprint density at radius 3 is 1.86 bits per heavy atom. The minimum absolute atomic E-state index is 1.09. The van der Waals surface area contributed by atoms with Crippen LogP contribution < -0.4 is 0 Å². The van der Waals surface area contributed by atoms with E-state index >= 15 is 0 Å². The molecule has 0 aromatic carbocycles. The molecule has 1 heteroatoms. The van der Waals surface area contributed by atoms with E-state index in [0.29, 0.717) is 0 Å². The fraction of sp³-hybridized carbons (Fsp3) is 0.667. The van der Waals surface area contributed by atoms with Gasteiger partial charge in [0.1, 0.15) is 7.85 Å². The summed E-state index contributed by atoms with van der Waals surface area (Å²) in [5.41, 5.74) is 1.33. The van der Waals surface area contributed by atoms with Gasteiger partial charge in [0.25, 0.3) is 0 Å². The molecular weight excluding hydrogens is 82.9 g/mol. The van der Waals surface area contributed by atoms with Gasteiger partial charge in [-0.15, -0.1) is 5.98 Å². The summed E-state index contributed by atoms with van der Waals surface area (Å²) in [7, 11) is 5.23.